The van der Waals surface area contributed by atoms with Crippen molar-refractivity contribution in [2.24, 2.45) is 0 Å². The predicted molar refractivity (Wildman–Crippen MR) is 66.6 cm³/mol. The van der Waals surface area contributed by atoms with Gasteiger partial charge in [0.1, 0.15) is 11.0 Å². The third-order valence-corrected chi connectivity index (χ3v) is 4.32. The van der Waals surface area contributed by atoms with Crippen molar-refractivity contribution in [1.82, 2.24) is 9.97 Å². The molecule has 2 aliphatic heterocycles. The van der Waals surface area contributed by atoms with Crippen LogP contribution in [-0.4, -0.2) is 33.3 Å². The lowest BCUT2D eigenvalue weighted by Crippen LogP contribution is -2.44. The Morgan fingerprint density at radius 2 is 2.06 bits per heavy atom. The molecule has 2 bridgehead atoms. The maximum Gasteiger partial charge on any atom is 0.225 e. The molecule has 17 heavy (non-hydrogen) atoms. The monoisotopic (exact) mass is 273 g/mol. The first kappa shape index (κ1) is 11.5. The van der Waals surface area contributed by atoms with Crippen LogP contribution in [0.5, 0.6) is 0 Å². The topological polar surface area (TPSA) is 49.2 Å². The van der Waals surface area contributed by atoms with Crippen LogP contribution in [0.3, 0.4) is 0 Å². The summed E-state index contributed by atoms with van der Waals surface area (Å²) in [7, 11) is 0. The lowest BCUT2D eigenvalue weighted by Gasteiger charge is -2.34. The number of aromatic nitrogens is 2. The van der Waals surface area contributed by atoms with Crippen molar-refractivity contribution in [2.75, 3.05) is 11.5 Å². The van der Waals surface area contributed by atoms with Crippen LogP contribution < -0.4 is 4.90 Å². The highest BCUT2D eigenvalue weighted by Crippen LogP contribution is 2.48. The molecule has 2 fully saturated rings. The Labute approximate surface area is 110 Å². The number of hydrogen-bond acceptors (Lipinski definition) is 4. The van der Waals surface area contributed by atoms with Gasteiger partial charge in [-0.05, 0) is 37.3 Å². The zero-order valence-electron chi connectivity index (χ0n) is 9.24. The molecule has 0 aromatic carbocycles. The highest BCUT2D eigenvalue weighted by molar-refractivity contribution is 6.32. The van der Waals surface area contributed by atoms with Gasteiger partial charge in [-0.3, -0.25) is 0 Å². The predicted octanol–water partition coefficient (Wildman–Crippen LogP) is 2.28. The molecule has 1 aromatic rings. The maximum atomic E-state index is 9.66. The van der Waals surface area contributed by atoms with E-state index in [1.807, 2.05) is 0 Å². The van der Waals surface area contributed by atoms with Gasteiger partial charge in [0.25, 0.3) is 0 Å². The Hall–Kier alpha value is -0.580. The van der Waals surface area contributed by atoms with E-state index >= 15 is 0 Å². The van der Waals surface area contributed by atoms with Crippen LogP contribution >= 0.6 is 23.2 Å². The number of aliphatic hydroxyl groups is 1. The minimum Gasteiger partial charge on any atom is -0.394 e. The first-order valence-corrected chi connectivity index (χ1v) is 6.50. The fraction of sp³-hybridized carbons (Fsp3) is 0.636. The van der Waals surface area contributed by atoms with Gasteiger partial charge in [0.05, 0.1) is 12.1 Å². The van der Waals surface area contributed by atoms with Crippen molar-refractivity contribution >= 4 is 29.0 Å². The van der Waals surface area contributed by atoms with Gasteiger partial charge in [0, 0.05) is 12.1 Å². The number of nitrogens with zero attached hydrogens (tertiary/aromatic N) is 3. The Bertz CT molecular complexity index is 426. The molecule has 0 unspecified atom stereocenters. The van der Waals surface area contributed by atoms with E-state index in [0.717, 1.165) is 31.5 Å². The Morgan fingerprint density at radius 1 is 1.35 bits per heavy atom. The van der Waals surface area contributed by atoms with Crippen LogP contribution in [0.1, 0.15) is 25.7 Å². The summed E-state index contributed by atoms with van der Waals surface area (Å²) in [5, 5.41) is 10.2. The second-order valence-corrected chi connectivity index (χ2v) is 5.53. The second-order valence-electron chi connectivity index (χ2n) is 4.80. The van der Waals surface area contributed by atoms with E-state index < -0.39 is 0 Å². The Morgan fingerprint density at radius 3 is 2.65 bits per heavy atom. The van der Waals surface area contributed by atoms with Gasteiger partial charge < -0.3 is 10.0 Å². The van der Waals surface area contributed by atoms with Crippen LogP contribution in [0.25, 0.3) is 0 Å². The molecule has 3 heterocycles. The molecule has 0 amide bonds. The van der Waals surface area contributed by atoms with Gasteiger partial charge in [0.2, 0.25) is 5.28 Å². The molecule has 0 radical (unpaired) electrons. The molecule has 1 aromatic heterocycles. The van der Waals surface area contributed by atoms with Crippen LogP contribution in [0.15, 0.2) is 6.07 Å². The molecule has 92 valence electrons. The van der Waals surface area contributed by atoms with Gasteiger partial charge in [0.15, 0.2) is 0 Å². The molecule has 3 rings (SSSR count). The van der Waals surface area contributed by atoms with Crippen LogP contribution in [0.4, 0.5) is 5.82 Å². The zero-order valence-corrected chi connectivity index (χ0v) is 10.7. The molecule has 6 heteroatoms. The lowest BCUT2D eigenvalue weighted by molar-refractivity contribution is 0.196. The molecule has 0 aliphatic carbocycles. The number of fused-ring (bicyclic) bond motifs is 2. The van der Waals surface area contributed by atoms with Crippen molar-refractivity contribution in [1.29, 1.82) is 0 Å². The van der Waals surface area contributed by atoms with Crippen molar-refractivity contribution in [3.05, 3.63) is 16.5 Å². The lowest BCUT2D eigenvalue weighted by atomic mass is 9.88. The fourth-order valence-electron chi connectivity index (χ4n) is 3.19. The van der Waals surface area contributed by atoms with Crippen molar-refractivity contribution in [3.63, 3.8) is 0 Å². The summed E-state index contributed by atoms with van der Waals surface area (Å²) < 4.78 is 0. The van der Waals surface area contributed by atoms with Crippen LogP contribution in [-0.2, 0) is 0 Å². The zero-order chi connectivity index (χ0) is 12.0. The summed E-state index contributed by atoms with van der Waals surface area (Å²) >= 11 is 11.7. The molecule has 0 atom stereocenters. The van der Waals surface area contributed by atoms with E-state index in [1.165, 1.54) is 0 Å². The van der Waals surface area contributed by atoms with E-state index in [0.29, 0.717) is 11.2 Å². The first-order chi connectivity index (χ1) is 8.14. The number of hydrogen-bond donors (Lipinski definition) is 1. The highest BCUT2D eigenvalue weighted by atomic mass is 35.5. The fourth-order valence-corrected chi connectivity index (χ4v) is 3.59. The first-order valence-electron chi connectivity index (χ1n) is 5.75. The van der Waals surface area contributed by atoms with Crippen molar-refractivity contribution in [2.45, 2.75) is 37.3 Å². The second kappa shape index (κ2) is 3.97. The average molecular weight is 274 g/mol. The summed E-state index contributed by atoms with van der Waals surface area (Å²) in [5.74, 6) is 0.740. The van der Waals surface area contributed by atoms with Crippen LogP contribution in [0.2, 0.25) is 10.4 Å². The van der Waals surface area contributed by atoms with Crippen molar-refractivity contribution < 1.29 is 5.11 Å². The third kappa shape index (κ3) is 1.70. The van der Waals surface area contributed by atoms with E-state index in [2.05, 4.69) is 14.9 Å². The van der Waals surface area contributed by atoms with E-state index in [-0.39, 0.29) is 17.4 Å². The Balaban J connectivity index is 2.04. The number of aliphatic hydroxyl groups excluding tert-OH is 1. The molecule has 0 saturated carbocycles. The van der Waals surface area contributed by atoms with Gasteiger partial charge >= 0.3 is 0 Å². The molecule has 4 nitrogen and oxygen atoms in total. The summed E-state index contributed by atoms with van der Waals surface area (Å²) in [5.41, 5.74) is -0.161. The van der Waals surface area contributed by atoms with Gasteiger partial charge in [-0.25, -0.2) is 9.97 Å². The minimum atomic E-state index is -0.161. The number of anilines is 1. The van der Waals surface area contributed by atoms with Crippen LogP contribution in [0, 0.1) is 0 Å². The van der Waals surface area contributed by atoms with Crippen molar-refractivity contribution in [3.8, 4) is 0 Å². The molecular formula is C11H13Cl2N3O. The minimum absolute atomic E-state index is 0.155. The standard InChI is InChI=1S/C11H13Cl2N3O/c12-8-5-9(15-10(13)14-8)16-7-1-3-11(16,6-17)4-2-7/h5,7,17H,1-4,6H2. The van der Waals surface area contributed by atoms with Gasteiger partial charge in [-0.1, -0.05) is 11.6 Å². The third-order valence-electron chi connectivity index (χ3n) is 3.96. The smallest absolute Gasteiger partial charge is 0.225 e. The van der Waals surface area contributed by atoms with E-state index in [4.69, 9.17) is 23.2 Å². The average Bonchev–Trinajstić information content (AvgIpc) is 2.83. The molecule has 2 saturated heterocycles. The SMILES string of the molecule is OCC12CCC(CC1)N2c1cc(Cl)nc(Cl)n1. The van der Waals surface area contributed by atoms with Gasteiger partial charge in [-0.2, -0.15) is 0 Å². The van der Waals surface area contributed by atoms with Gasteiger partial charge in [-0.15, -0.1) is 0 Å². The summed E-state index contributed by atoms with van der Waals surface area (Å²) in [6, 6.07) is 2.17. The number of rotatable bonds is 2. The summed E-state index contributed by atoms with van der Waals surface area (Å²) in [6.07, 6.45) is 4.21. The largest absolute Gasteiger partial charge is 0.394 e. The molecule has 1 N–H and O–H groups in total. The summed E-state index contributed by atoms with van der Waals surface area (Å²) in [6.45, 7) is 0.155. The Kier molecular flexibility index (Phi) is 2.69. The van der Waals surface area contributed by atoms with E-state index in [9.17, 15) is 5.11 Å². The molecular weight excluding hydrogens is 261 g/mol. The molecule has 0 spiro atoms. The molecule has 2 aliphatic rings. The van der Waals surface area contributed by atoms with E-state index in [1.54, 1.807) is 6.07 Å². The highest BCUT2D eigenvalue weighted by Gasteiger charge is 2.51. The normalized spacial score (nSPS) is 31.2. The number of halogens is 2. The maximum absolute atomic E-state index is 9.66. The summed E-state index contributed by atoms with van der Waals surface area (Å²) in [4.78, 5) is 10.3. The quantitative estimate of drug-likeness (QED) is 0.664.